The summed E-state index contributed by atoms with van der Waals surface area (Å²) in [5, 5.41) is 0. The van der Waals surface area contributed by atoms with E-state index in [-0.39, 0.29) is 40.1 Å². The van der Waals surface area contributed by atoms with Crippen LogP contribution >= 0.6 is 0 Å². The fourth-order valence-corrected chi connectivity index (χ4v) is 0.482. The number of rotatable bonds is 0. The molecule has 0 heterocycles. The van der Waals surface area contributed by atoms with Crippen molar-refractivity contribution in [2.24, 2.45) is 0 Å². The quantitative estimate of drug-likeness (QED) is 0.438. The van der Waals surface area contributed by atoms with E-state index in [1.807, 2.05) is 19.1 Å². The van der Waals surface area contributed by atoms with E-state index in [0.717, 1.165) is 6.42 Å². The topological polar surface area (TPSA) is 0 Å². The van der Waals surface area contributed by atoms with Gasteiger partial charge in [-0.2, -0.15) is 6.08 Å². The molecule has 61 valence electrons. The molecule has 0 N–H and O–H groups in total. The Morgan fingerprint density at radius 3 is 2.18 bits per heavy atom. The van der Waals surface area contributed by atoms with Gasteiger partial charge in [0.2, 0.25) is 0 Å². The molecule has 0 aromatic carbocycles. The van der Waals surface area contributed by atoms with Gasteiger partial charge in [-0.1, -0.05) is 12.5 Å². The van der Waals surface area contributed by atoms with Gasteiger partial charge in [-0.3, -0.25) is 6.08 Å². The summed E-state index contributed by atoms with van der Waals surface area (Å²) < 4.78 is 0. The predicted molar refractivity (Wildman–Crippen MR) is 48.5 cm³/mol. The van der Waals surface area contributed by atoms with Gasteiger partial charge in [0.15, 0.2) is 0 Å². The van der Waals surface area contributed by atoms with Crippen LogP contribution in [0.1, 0.15) is 19.8 Å². The molecule has 0 aliphatic heterocycles. The first kappa shape index (κ1) is 17.4. The van der Waals surface area contributed by atoms with Gasteiger partial charge in [-0.05, 0) is 6.92 Å². The van der Waals surface area contributed by atoms with Crippen molar-refractivity contribution in [3.8, 4) is 0 Å². The summed E-state index contributed by atoms with van der Waals surface area (Å²) in [5.41, 5.74) is 0. The van der Waals surface area contributed by atoms with Crippen LogP contribution in [0.15, 0.2) is 30.9 Å². The van der Waals surface area contributed by atoms with Gasteiger partial charge in [0.1, 0.15) is 0 Å². The molecule has 0 bridgehead atoms. The molecule has 1 aliphatic carbocycles. The zero-order valence-corrected chi connectivity index (χ0v) is 10.3. The molecule has 0 saturated carbocycles. The van der Waals surface area contributed by atoms with Crippen LogP contribution in [0, 0.1) is 13.5 Å². The fourth-order valence-electron chi connectivity index (χ4n) is 0.482. The van der Waals surface area contributed by atoms with E-state index in [4.69, 9.17) is 0 Å². The van der Waals surface area contributed by atoms with Crippen molar-refractivity contribution in [2.45, 2.75) is 19.8 Å². The maximum absolute atomic E-state index is 3.36. The van der Waals surface area contributed by atoms with Crippen LogP contribution in [0.3, 0.4) is 0 Å². The zero-order valence-electron chi connectivity index (χ0n) is 7.51. The van der Waals surface area contributed by atoms with Gasteiger partial charge >= 0.3 is 0 Å². The van der Waals surface area contributed by atoms with Gasteiger partial charge in [0, 0.05) is 32.7 Å². The van der Waals surface area contributed by atoms with Gasteiger partial charge in [0.25, 0.3) is 0 Å². The summed E-state index contributed by atoms with van der Waals surface area (Å²) in [7, 11) is 0. The van der Waals surface area contributed by atoms with Crippen LogP contribution in [0.5, 0.6) is 0 Å². The second-order valence-electron chi connectivity index (χ2n) is 1.75. The summed E-state index contributed by atoms with van der Waals surface area (Å²) in [4.78, 5) is 0. The molecule has 0 aromatic heterocycles. The maximum Gasteiger partial charge on any atom is 0 e. The van der Waals surface area contributed by atoms with E-state index < -0.39 is 0 Å². The van der Waals surface area contributed by atoms with Gasteiger partial charge in [-0.25, -0.2) is 12.2 Å². The van der Waals surface area contributed by atoms with Crippen LogP contribution < -0.4 is 0 Å². The van der Waals surface area contributed by atoms with Crippen molar-refractivity contribution in [2.75, 3.05) is 0 Å². The van der Waals surface area contributed by atoms with E-state index in [1.54, 1.807) is 6.08 Å². The molecule has 0 atom stereocenters. The third-order valence-electron chi connectivity index (χ3n) is 0.806. The van der Waals surface area contributed by atoms with Crippen molar-refractivity contribution >= 4 is 0 Å². The number of allylic oxidation sites excluding steroid dienone is 5. The zero-order chi connectivity index (χ0) is 6.95. The van der Waals surface area contributed by atoms with Crippen LogP contribution in [-0.4, -0.2) is 0 Å². The van der Waals surface area contributed by atoms with Crippen molar-refractivity contribution < 1.29 is 32.7 Å². The first-order chi connectivity index (χ1) is 4.41. The minimum atomic E-state index is 0. The maximum atomic E-state index is 3.36. The molecule has 1 aliphatic rings. The molecular formula is C10H16Y-2. The monoisotopic (exact) mass is 225 g/mol. The van der Waals surface area contributed by atoms with E-state index in [1.165, 1.54) is 6.42 Å². The Bertz CT molecular complexity index is 100. The minimum Gasteiger partial charge on any atom is -0.358 e. The molecule has 0 nitrogen and oxygen atoms in total. The van der Waals surface area contributed by atoms with Crippen molar-refractivity contribution in [1.82, 2.24) is 0 Å². The average Bonchev–Trinajstić information content (AvgIpc) is 1.93. The largest absolute Gasteiger partial charge is 0.358 e. The number of hydrogen-bond acceptors (Lipinski definition) is 0. The summed E-state index contributed by atoms with van der Waals surface area (Å²) in [6.07, 6.45) is 13.2. The van der Waals surface area contributed by atoms with Gasteiger partial charge in [-0.15, -0.1) is 13.0 Å². The molecule has 0 aromatic rings. The third kappa shape index (κ3) is 17.9. The van der Waals surface area contributed by atoms with Crippen LogP contribution in [-0.2, 0) is 32.7 Å². The second kappa shape index (κ2) is 16.7. The van der Waals surface area contributed by atoms with Crippen LogP contribution in [0.25, 0.3) is 0 Å². The van der Waals surface area contributed by atoms with Crippen LogP contribution in [0.4, 0.5) is 0 Å². The molecular weight excluding hydrogens is 209 g/mol. The average molecular weight is 225 g/mol. The second-order valence-corrected chi connectivity index (χ2v) is 1.75. The number of hydrogen-bond donors (Lipinski definition) is 0. The Kier molecular flexibility index (Phi) is 26.5. The Hall–Kier alpha value is 0.324. The van der Waals surface area contributed by atoms with Gasteiger partial charge < -0.3 is 7.43 Å². The molecule has 1 heteroatoms. The van der Waals surface area contributed by atoms with Gasteiger partial charge in [0.05, 0.1) is 0 Å². The first-order valence-electron chi connectivity index (χ1n) is 3.20. The minimum absolute atomic E-state index is 0. The summed E-state index contributed by atoms with van der Waals surface area (Å²) in [5.74, 6) is 0. The summed E-state index contributed by atoms with van der Waals surface area (Å²) in [6.45, 7) is 5.25. The van der Waals surface area contributed by atoms with Crippen LogP contribution in [0.2, 0.25) is 0 Å². The standard InChI is InChI=1S/C6H7.C3H6.CH3.Y/c1-2-4-6-5-3-1;1-3-2;;/h1-3H,4,6H2;3H,1H2,2H3;1H3;/q-1;;-1;. The SMILES string of the molecule is C=CC.[C-]1=CC=CCC1.[CH3-].[Y]. The van der Waals surface area contributed by atoms with E-state index in [2.05, 4.69) is 18.7 Å². The fraction of sp³-hybridized carbons (Fsp3) is 0.300. The normalized spacial score (nSPS) is 11.4. The van der Waals surface area contributed by atoms with E-state index in [0.29, 0.717) is 0 Å². The van der Waals surface area contributed by atoms with Crippen molar-refractivity contribution in [3.05, 3.63) is 44.4 Å². The molecule has 1 radical (unpaired) electrons. The molecule has 0 unspecified atom stereocenters. The molecule has 11 heavy (non-hydrogen) atoms. The molecule has 0 spiro atoms. The Morgan fingerprint density at radius 1 is 1.55 bits per heavy atom. The van der Waals surface area contributed by atoms with Crippen molar-refractivity contribution in [1.29, 1.82) is 0 Å². The predicted octanol–water partition coefficient (Wildman–Crippen LogP) is 3.34. The Balaban J connectivity index is -0.000000116. The van der Waals surface area contributed by atoms with E-state index >= 15 is 0 Å². The summed E-state index contributed by atoms with van der Waals surface area (Å²) >= 11 is 0. The molecule has 0 saturated heterocycles. The third-order valence-corrected chi connectivity index (χ3v) is 0.806. The smallest absolute Gasteiger partial charge is 0 e. The summed E-state index contributed by atoms with van der Waals surface area (Å²) in [6, 6.07) is 0. The van der Waals surface area contributed by atoms with E-state index in [9.17, 15) is 0 Å². The molecule has 0 fully saturated rings. The molecule has 1 rings (SSSR count). The first-order valence-corrected chi connectivity index (χ1v) is 3.20. The Morgan fingerprint density at radius 2 is 2.09 bits per heavy atom. The molecule has 0 amide bonds. The Labute approximate surface area is 96.3 Å². The van der Waals surface area contributed by atoms with Crippen molar-refractivity contribution in [3.63, 3.8) is 0 Å².